The molecule has 8 nitrogen and oxygen atoms in total. The Kier molecular flexibility index (Phi) is 4.31. The van der Waals surface area contributed by atoms with Crippen molar-refractivity contribution in [2.24, 2.45) is 5.73 Å². The van der Waals surface area contributed by atoms with Crippen LogP contribution in [0, 0.1) is 6.92 Å². The minimum Gasteiger partial charge on any atom is -0.368 e. The lowest BCUT2D eigenvalue weighted by Crippen LogP contribution is -2.45. The van der Waals surface area contributed by atoms with E-state index in [0.717, 1.165) is 41.2 Å². The normalized spacial score (nSPS) is 19.6. The summed E-state index contributed by atoms with van der Waals surface area (Å²) in [7, 11) is 0. The van der Waals surface area contributed by atoms with Gasteiger partial charge in [0.25, 0.3) is 0 Å². The first kappa shape index (κ1) is 16.9. The van der Waals surface area contributed by atoms with E-state index in [4.69, 9.17) is 10.7 Å². The van der Waals surface area contributed by atoms with Gasteiger partial charge in [-0.25, -0.2) is 14.8 Å². The number of likely N-dealkylation sites (tertiary alicyclic amines) is 1. The largest absolute Gasteiger partial charge is 0.368 e. The number of aromatic nitrogens is 3. The summed E-state index contributed by atoms with van der Waals surface area (Å²) in [5.41, 5.74) is 7.97. The molecule has 3 amide bonds. The fraction of sp³-hybridized carbons (Fsp3) is 0.471. The second-order valence-corrected chi connectivity index (χ2v) is 7.72. The third kappa shape index (κ3) is 3.26. The molecule has 9 heteroatoms. The second kappa shape index (κ2) is 6.64. The van der Waals surface area contributed by atoms with Crippen molar-refractivity contribution in [3.63, 3.8) is 0 Å². The maximum atomic E-state index is 12.5. The van der Waals surface area contributed by atoms with Crippen LogP contribution >= 0.6 is 11.3 Å². The number of nitrogens with one attached hydrogen (secondary N) is 1. The molecule has 26 heavy (non-hydrogen) atoms. The van der Waals surface area contributed by atoms with Gasteiger partial charge in [-0.3, -0.25) is 15.1 Å². The minimum atomic E-state index is -0.545. The maximum absolute atomic E-state index is 12.5. The van der Waals surface area contributed by atoms with E-state index in [9.17, 15) is 9.59 Å². The molecule has 1 saturated carbocycles. The van der Waals surface area contributed by atoms with Crippen molar-refractivity contribution in [3.8, 4) is 10.6 Å². The molecule has 0 unspecified atom stereocenters. The lowest BCUT2D eigenvalue weighted by molar-refractivity contribution is -0.121. The summed E-state index contributed by atoms with van der Waals surface area (Å²) in [6.45, 7) is 2.40. The number of aryl methyl sites for hydroxylation is 1. The van der Waals surface area contributed by atoms with Crippen LogP contribution in [0.2, 0.25) is 0 Å². The second-order valence-electron chi connectivity index (χ2n) is 6.72. The zero-order valence-corrected chi connectivity index (χ0v) is 15.3. The van der Waals surface area contributed by atoms with Crippen molar-refractivity contribution < 1.29 is 9.59 Å². The number of hydrogen-bond acceptors (Lipinski definition) is 6. The fourth-order valence-corrected chi connectivity index (χ4v) is 4.13. The molecular formula is C17H20N6O2S. The fourth-order valence-electron chi connectivity index (χ4n) is 3.22. The molecule has 3 heterocycles. The molecule has 1 saturated heterocycles. The number of nitrogens with two attached hydrogens (primary N) is 1. The zero-order valence-electron chi connectivity index (χ0n) is 14.4. The van der Waals surface area contributed by atoms with Gasteiger partial charge >= 0.3 is 6.03 Å². The number of anilines is 1. The van der Waals surface area contributed by atoms with Crippen molar-refractivity contribution in [1.29, 1.82) is 0 Å². The average molecular weight is 372 g/mol. The van der Waals surface area contributed by atoms with Gasteiger partial charge in [0, 0.05) is 18.7 Å². The van der Waals surface area contributed by atoms with Gasteiger partial charge in [0.15, 0.2) is 5.13 Å². The van der Waals surface area contributed by atoms with Crippen LogP contribution in [0.1, 0.15) is 43.0 Å². The number of thiazole rings is 1. The Hall–Kier alpha value is -2.55. The Morgan fingerprint density at radius 1 is 1.27 bits per heavy atom. The molecule has 1 atom stereocenters. The minimum absolute atomic E-state index is 0.343. The van der Waals surface area contributed by atoms with Gasteiger partial charge in [-0.05, 0) is 32.6 Å². The number of primary amides is 1. The van der Waals surface area contributed by atoms with Crippen LogP contribution in [-0.2, 0) is 4.79 Å². The van der Waals surface area contributed by atoms with Crippen LogP contribution in [0.25, 0.3) is 10.6 Å². The monoisotopic (exact) mass is 372 g/mol. The molecule has 2 aromatic rings. The van der Waals surface area contributed by atoms with Crippen LogP contribution < -0.4 is 11.1 Å². The van der Waals surface area contributed by atoms with E-state index in [0.29, 0.717) is 24.0 Å². The highest BCUT2D eigenvalue weighted by Crippen LogP contribution is 2.40. The number of carbonyl (C=O) groups is 2. The first-order chi connectivity index (χ1) is 12.5. The third-order valence-electron chi connectivity index (χ3n) is 4.73. The van der Waals surface area contributed by atoms with E-state index in [1.807, 2.05) is 13.1 Å². The maximum Gasteiger partial charge on any atom is 0.324 e. The van der Waals surface area contributed by atoms with Crippen LogP contribution in [0.4, 0.5) is 9.93 Å². The summed E-state index contributed by atoms with van der Waals surface area (Å²) in [6, 6.07) is -0.888. The first-order valence-electron chi connectivity index (χ1n) is 8.69. The molecule has 0 radical (unpaired) electrons. The highest BCUT2D eigenvalue weighted by molar-refractivity contribution is 7.19. The van der Waals surface area contributed by atoms with Gasteiger partial charge in [0.05, 0.1) is 22.5 Å². The summed E-state index contributed by atoms with van der Waals surface area (Å²) in [5, 5.41) is 3.27. The summed E-state index contributed by atoms with van der Waals surface area (Å²) >= 11 is 1.36. The average Bonchev–Trinajstić information content (AvgIpc) is 3.23. The van der Waals surface area contributed by atoms with E-state index < -0.39 is 11.9 Å². The van der Waals surface area contributed by atoms with Crippen LogP contribution in [-0.4, -0.2) is 44.4 Å². The molecule has 1 aliphatic carbocycles. The predicted octanol–water partition coefficient (Wildman–Crippen LogP) is 2.27. The Bertz CT molecular complexity index is 863. The summed E-state index contributed by atoms with van der Waals surface area (Å²) < 4.78 is 0. The van der Waals surface area contributed by atoms with Gasteiger partial charge in [-0.15, -0.1) is 0 Å². The molecule has 2 aliphatic rings. The van der Waals surface area contributed by atoms with E-state index in [1.165, 1.54) is 16.2 Å². The Morgan fingerprint density at radius 2 is 2.08 bits per heavy atom. The van der Waals surface area contributed by atoms with Crippen molar-refractivity contribution in [2.45, 2.75) is 44.6 Å². The highest BCUT2D eigenvalue weighted by Gasteiger charge is 2.33. The first-order valence-corrected chi connectivity index (χ1v) is 9.51. The summed E-state index contributed by atoms with van der Waals surface area (Å²) in [5.74, 6) is 0.0524. The number of rotatable bonds is 4. The van der Waals surface area contributed by atoms with E-state index in [1.54, 1.807) is 6.20 Å². The molecule has 0 spiro atoms. The summed E-state index contributed by atoms with van der Waals surface area (Å²) in [6.07, 6.45) is 7.25. The van der Waals surface area contributed by atoms with Gasteiger partial charge in [0.1, 0.15) is 11.7 Å². The molecule has 0 aromatic carbocycles. The standard InChI is InChI=1S/C17H20N6O2S/c1-9-14(12-8-19-7-11(21-12)10-4-5-10)26-16(20-9)22-17(25)23-6-2-3-13(23)15(18)24/h7-8,10,13H,2-6H2,1H3,(H2,18,24)(H,20,22,25)/t13-/m0/s1. The lowest BCUT2D eigenvalue weighted by Gasteiger charge is -2.21. The molecule has 2 fully saturated rings. The molecule has 0 bridgehead atoms. The molecule has 136 valence electrons. The van der Waals surface area contributed by atoms with Gasteiger partial charge < -0.3 is 10.6 Å². The van der Waals surface area contributed by atoms with Crippen molar-refractivity contribution >= 4 is 28.4 Å². The van der Waals surface area contributed by atoms with Crippen molar-refractivity contribution in [1.82, 2.24) is 19.9 Å². The van der Waals surface area contributed by atoms with Crippen LogP contribution in [0.5, 0.6) is 0 Å². The lowest BCUT2D eigenvalue weighted by atomic mass is 10.2. The van der Waals surface area contributed by atoms with Crippen LogP contribution in [0.3, 0.4) is 0 Å². The third-order valence-corrected chi connectivity index (χ3v) is 5.83. The number of nitrogens with zero attached hydrogens (tertiary/aromatic N) is 4. The number of hydrogen-bond donors (Lipinski definition) is 2. The zero-order chi connectivity index (χ0) is 18.3. The Morgan fingerprint density at radius 3 is 2.81 bits per heavy atom. The molecule has 2 aromatic heterocycles. The highest BCUT2D eigenvalue weighted by atomic mass is 32.1. The molecule has 4 rings (SSSR count). The van der Waals surface area contributed by atoms with Crippen molar-refractivity contribution in [3.05, 3.63) is 23.8 Å². The Balaban J connectivity index is 1.52. The van der Waals surface area contributed by atoms with E-state index >= 15 is 0 Å². The topological polar surface area (TPSA) is 114 Å². The SMILES string of the molecule is Cc1nc(NC(=O)N2CCC[C@H]2C(N)=O)sc1-c1cncc(C2CC2)n1. The van der Waals surface area contributed by atoms with Crippen molar-refractivity contribution in [2.75, 3.05) is 11.9 Å². The predicted molar refractivity (Wildman–Crippen MR) is 97.8 cm³/mol. The van der Waals surface area contributed by atoms with Crippen LogP contribution in [0.15, 0.2) is 12.4 Å². The quantitative estimate of drug-likeness (QED) is 0.854. The van der Waals surface area contributed by atoms with Gasteiger partial charge in [0.2, 0.25) is 5.91 Å². The number of urea groups is 1. The van der Waals surface area contributed by atoms with Gasteiger partial charge in [-0.2, -0.15) is 0 Å². The Labute approximate surface area is 154 Å². The van der Waals surface area contributed by atoms with E-state index in [2.05, 4.69) is 15.3 Å². The number of carbonyl (C=O) groups excluding carboxylic acids is 2. The smallest absolute Gasteiger partial charge is 0.324 e. The molecular weight excluding hydrogens is 352 g/mol. The summed E-state index contributed by atoms with van der Waals surface area (Å²) in [4.78, 5) is 39.8. The number of amides is 3. The van der Waals surface area contributed by atoms with E-state index in [-0.39, 0.29) is 6.03 Å². The molecule has 3 N–H and O–H groups in total. The van der Waals surface area contributed by atoms with Gasteiger partial charge in [-0.1, -0.05) is 11.3 Å². The molecule has 1 aliphatic heterocycles.